The number of halogens is 4. The van der Waals surface area contributed by atoms with Gasteiger partial charge in [0, 0.05) is 11.3 Å². The molecule has 0 saturated heterocycles. The number of fused-ring (bicyclic) bond motifs is 1. The molecule has 0 bridgehead atoms. The van der Waals surface area contributed by atoms with Crippen molar-refractivity contribution in [2.24, 2.45) is 4.99 Å². The predicted molar refractivity (Wildman–Crippen MR) is 101 cm³/mol. The second-order valence-corrected chi connectivity index (χ2v) is 6.59. The maximum Gasteiger partial charge on any atom is 0.177 e. The Morgan fingerprint density at radius 1 is 1.16 bits per heavy atom. The summed E-state index contributed by atoms with van der Waals surface area (Å²) in [5.41, 5.74) is 0.440. The maximum absolute atomic E-state index is 14.8. The first-order valence-electron chi connectivity index (χ1n) is 7.24. The maximum atomic E-state index is 14.8. The molecule has 0 radical (unpaired) electrons. The van der Waals surface area contributed by atoms with Gasteiger partial charge in [-0.25, -0.2) is 8.78 Å². The van der Waals surface area contributed by atoms with E-state index in [0.29, 0.717) is 10.7 Å². The molecule has 0 amide bonds. The summed E-state index contributed by atoms with van der Waals surface area (Å²) in [5, 5.41) is 3.37. The van der Waals surface area contributed by atoms with Crippen molar-refractivity contribution in [1.82, 2.24) is 0 Å². The summed E-state index contributed by atoms with van der Waals surface area (Å²) in [6, 6.07) is 5.01. The monoisotopic (exact) mass is 400 g/mol. The molecule has 2 aromatic rings. The van der Waals surface area contributed by atoms with Crippen LogP contribution >= 0.6 is 35.4 Å². The lowest BCUT2D eigenvalue weighted by Crippen LogP contribution is -2.20. The van der Waals surface area contributed by atoms with Gasteiger partial charge < -0.3 is 10.1 Å². The van der Waals surface area contributed by atoms with Crippen LogP contribution in [0.3, 0.4) is 0 Å². The third-order valence-electron chi connectivity index (χ3n) is 3.80. The van der Waals surface area contributed by atoms with Crippen LogP contribution in [0.5, 0.6) is 5.75 Å². The molecule has 2 aromatic carbocycles. The Balaban J connectivity index is 2.38. The normalized spacial score (nSPS) is 16.6. The lowest BCUT2D eigenvalue weighted by Gasteiger charge is -2.15. The Labute approximate surface area is 158 Å². The van der Waals surface area contributed by atoms with Gasteiger partial charge >= 0.3 is 0 Å². The zero-order valence-electron chi connectivity index (χ0n) is 13.2. The van der Waals surface area contributed by atoms with Crippen LogP contribution < -0.4 is 10.1 Å². The van der Waals surface area contributed by atoms with Crippen LogP contribution in [0.2, 0.25) is 10.0 Å². The number of benzodiazepines with no additional fused rings is 1. The van der Waals surface area contributed by atoms with E-state index in [9.17, 15) is 8.78 Å². The average Bonchev–Trinajstić information content (AvgIpc) is 2.69. The number of hydrogen-bond acceptors (Lipinski definition) is 3. The minimum atomic E-state index is -0.872. The number of rotatable bonds is 2. The number of aliphatic imine (C=N–C) groups is 1. The fourth-order valence-electron chi connectivity index (χ4n) is 2.54. The van der Waals surface area contributed by atoms with Crippen molar-refractivity contribution in [3.63, 3.8) is 0 Å². The summed E-state index contributed by atoms with van der Waals surface area (Å²) < 4.78 is 34.3. The van der Waals surface area contributed by atoms with Crippen molar-refractivity contribution in [3.05, 3.63) is 57.1 Å². The molecule has 1 unspecified atom stereocenters. The fourth-order valence-corrected chi connectivity index (χ4v) is 3.11. The summed E-state index contributed by atoms with van der Waals surface area (Å²) in [5.74, 6) is -1.77. The number of methoxy groups -OCH3 is 1. The van der Waals surface area contributed by atoms with Crippen LogP contribution in [0.25, 0.3) is 0 Å². The van der Waals surface area contributed by atoms with Gasteiger partial charge in [-0.05, 0) is 31.2 Å². The second kappa shape index (κ2) is 6.86. The number of thiocarbonyl (C=S) groups is 1. The Hall–Kier alpha value is -1.76. The number of anilines is 1. The summed E-state index contributed by atoms with van der Waals surface area (Å²) in [4.78, 5) is 4.80. The van der Waals surface area contributed by atoms with Gasteiger partial charge in [-0.1, -0.05) is 35.4 Å². The summed E-state index contributed by atoms with van der Waals surface area (Å²) >= 11 is 17.7. The molecule has 0 spiro atoms. The lowest BCUT2D eigenvalue weighted by molar-refractivity contribution is 0.383. The van der Waals surface area contributed by atoms with E-state index in [4.69, 9.17) is 40.2 Å². The van der Waals surface area contributed by atoms with Crippen LogP contribution in [0.15, 0.2) is 29.3 Å². The van der Waals surface area contributed by atoms with Crippen molar-refractivity contribution >= 4 is 51.8 Å². The van der Waals surface area contributed by atoms with Crippen molar-refractivity contribution in [2.75, 3.05) is 12.4 Å². The minimum absolute atomic E-state index is 0.0243. The van der Waals surface area contributed by atoms with Gasteiger partial charge in [-0.2, -0.15) is 0 Å². The highest BCUT2D eigenvalue weighted by atomic mass is 35.5. The molecule has 1 atom stereocenters. The molecule has 0 aliphatic carbocycles. The molecule has 25 heavy (non-hydrogen) atoms. The molecule has 1 heterocycles. The van der Waals surface area contributed by atoms with Crippen LogP contribution in [-0.2, 0) is 0 Å². The third kappa shape index (κ3) is 3.10. The number of nitrogens with one attached hydrogen (secondary N) is 1. The Kier molecular flexibility index (Phi) is 4.95. The lowest BCUT2D eigenvalue weighted by atomic mass is 9.99. The first-order chi connectivity index (χ1) is 11.8. The zero-order chi connectivity index (χ0) is 18.3. The summed E-state index contributed by atoms with van der Waals surface area (Å²) in [6.07, 6.45) is 0. The molecule has 130 valence electrons. The number of nitrogens with zero attached hydrogens (tertiary/aromatic N) is 1. The van der Waals surface area contributed by atoms with Crippen LogP contribution in [0.4, 0.5) is 14.5 Å². The van der Waals surface area contributed by atoms with E-state index in [1.54, 1.807) is 19.1 Å². The van der Waals surface area contributed by atoms with E-state index in [1.807, 2.05) is 0 Å². The molecule has 0 saturated carbocycles. The van der Waals surface area contributed by atoms with Crippen molar-refractivity contribution < 1.29 is 13.5 Å². The Bertz CT molecular complexity index is 918. The molecule has 1 aliphatic rings. The molecule has 3 rings (SSSR count). The molecule has 0 fully saturated rings. The number of ether oxygens (including phenoxy) is 1. The van der Waals surface area contributed by atoms with Crippen molar-refractivity contribution in [2.45, 2.75) is 13.0 Å². The second-order valence-electron chi connectivity index (χ2n) is 5.37. The molecule has 8 heteroatoms. The number of benzene rings is 2. The Morgan fingerprint density at radius 2 is 1.88 bits per heavy atom. The van der Waals surface area contributed by atoms with Gasteiger partial charge in [0.2, 0.25) is 0 Å². The van der Waals surface area contributed by atoms with Gasteiger partial charge in [-0.15, -0.1) is 0 Å². The summed E-state index contributed by atoms with van der Waals surface area (Å²) in [6.45, 7) is 1.71. The molecule has 0 aromatic heterocycles. The van der Waals surface area contributed by atoms with Gasteiger partial charge in [0.05, 0.1) is 34.5 Å². The standard InChI is InChI=1S/C17H12Cl2F2N2OS/c1-7-17(25)23-10-5-3-8(18)14(19)13(10)16(22-7)12-9(20)4-6-11(24-2)15(12)21/h3-7H,1-2H3,(H,23,25). The van der Waals surface area contributed by atoms with E-state index in [-0.39, 0.29) is 32.6 Å². The smallest absolute Gasteiger partial charge is 0.177 e. The minimum Gasteiger partial charge on any atom is -0.494 e. The molecular formula is C17H12Cl2F2N2OS. The highest BCUT2D eigenvalue weighted by Gasteiger charge is 2.29. The zero-order valence-corrected chi connectivity index (χ0v) is 15.5. The molecule has 1 aliphatic heterocycles. The quantitative estimate of drug-likeness (QED) is 0.698. The van der Waals surface area contributed by atoms with E-state index in [2.05, 4.69) is 10.3 Å². The van der Waals surface area contributed by atoms with Crippen LogP contribution in [0.1, 0.15) is 18.1 Å². The molecular weight excluding hydrogens is 389 g/mol. The largest absolute Gasteiger partial charge is 0.494 e. The van der Waals surface area contributed by atoms with Crippen molar-refractivity contribution in [3.8, 4) is 5.75 Å². The average molecular weight is 401 g/mol. The van der Waals surface area contributed by atoms with Gasteiger partial charge in [-0.3, -0.25) is 4.99 Å². The first kappa shape index (κ1) is 18.0. The summed E-state index contributed by atoms with van der Waals surface area (Å²) in [7, 11) is 1.30. The first-order valence-corrected chi connectivity index (χ1v) is 8.41. The van der Waals surface area contributed by atoms with E-state index in [1.165, 1.54) is 13.2 Å². The van der Waals surface area contributed by atoms with Crippen LogP contribution in [-0.4, -0.2) is 23.9 Å². The molecule has 1 N–H and O–H groups in total. The van der Waals surface area contributed by atoms with E-state index < -0.39 is 17.7 Å². The van der Waals surface area contributed by atoms with Gasteiger partial charge in [0.15, 0.2) is 11.6 Å². The topological polar surface area (TPSA) is 33.6 Å². The third-order valence-corrected chi connectivity index (χ3v) is 5.05. The number of hydrogen-bond donors (Lipinski definition) is 1. The van der Waals surface area contributed by atoms with E-state index in [0.717, 1.165) is 6.07 Å². The Morgan fingerprint density at radius 3 is 2.56 bits per heavy atom. The SMILES string of the molecule is COc1ccc(F)c(C2=NC(C)C(=S)Nc3ccc(Cl)c(Cl)c32)c1F. The predicted octanol–water partition coefficient (Wildman–Crippen LogP) is 5.26. The van der Waals surface area contributed by atoms with E-state index >= 15 is 0 Å². The fraction of sp³-hybridized carbons (Fsp3) is 0.176. The van der Waals surface area contributed by atoms with Gasteiger partial charge in [0.1, 0.15) is 10.8 Å². The van der Waals surface area contributed by atoms with Crippen LogP contribution in [0, 0.1) is 11.6 Å². The molecule has 3 nitrogen and oxygen atoms in total. The van der Waals surface area contributed by atoms with Gasteiger partial charge in [0.25, 0.3) is 0 Å². The highest BCUT2D eigenvalue weighted by molar-refractivity contribution is 7.80. The van der Waals surface area contributed by atoms with Crippen molar-refractivity contribution in [1.29, 1.82) is 0 Å². The highest BCUT2D eigenvalue weighted by Crippen LogP contribution is 2.37.